The van der Waals surface area contributed by atoms with Crippen molar-refractivity contribution in [3.63, 3.8) is 0 Å². The van der Waals surface area contributed by atoms with Gasteiger partial charge >= 0.3 is 12.1 Å². The number of hydrogen-bond acceptors (Lipinski definition) is 7. The highest BCUT2D eigenvalue weighted by atomic mass is 16.6. The number of carbonyl (C=O) groups is 3. The molecule has 0 radical (unpaired) electrons. The van der Waals surface area contributed by atoms with Gasteiger partial charge in [0, 0.05) is 32.7 Å². The fraction of sp³-hybridized carbons (Fsp3) is 0.565. The van der Waals surface area contributed by atoms with Gasteiger partial charge in [-0.1, -0.05) is 30.3 Å². The second-order valence-electron chi connectivity index (χ2n) is 8.76. The summed E-state index contributed by atoms with van der Waals surface area (Å²) in [6.07, 6.45) is -0.172. The number of esters is 1. The number of hydrogen-bond donors (Lipinski definition) is 0. The van der Waals surface area contributed by atoms with Gasteiger partial charge in [-0.25, -0.2) is 4.79 Å². The van der Waals surface area contributed by atoms with Crippen LogP contribution in [0.15, 0.2) is 35.4 Å². The number of hydrazone groups is 1. The molecule has 1 saturated heterocycles. The summed E-state index contributed by atoms with van der Waals surface area (Å²) in [7, 11) is 3.44. The first-order valence-corrected chi connectivity index (χ1v) is 10.5. The van der Waals surface area contributed by atoms with E-state index in [1.54, 1.807) is 53.9 Å². The molecule has 1 aliphatic rings. The zero-order valence-corrected chi connectivity index (χ0v) is 19.3. The summed E-state index contributed by atoms with van der Waals surface area (Å²) < 4.78 is 10.7. The Hall–Kier alpha value is -2.90. The molecule has 0 spiro atoms. The monoisotopic (exact) mass is 431 g/mol. The lowest BCUT2D eigenvalue weighted by Gasteiger charge is -2.39. The van der Waals surface area contributed by atoms with Gasteiger partial charge in [-0.15, -0.1) is 0 Å². The molecule has 31 heavy (non-hydrogen) atoms. The van der Waals surface area contributed by atoms with E-state index in [2.05, 4.69) is 5.10 Å². The molecule has 0 aliphatic carbocycles. The zero-order chi connectivity index (χ0) is 23.2. The molecule has 2 rings (SSSR count). The van der Waals surface area contributed by atoms with Gasteiger partial charge in [-0.05, 0) is 40.5 Å². The molecule has 8 heteroatoms. The van der Waals surface area contributed by atoms with Gasteiger partial charge < -0.3 is 19.4 Å². The number of ketones is 1. The van der Waals surface area contributed by atoms with Crippen molar-refractivity contribution in [1.29, 1.82) is 0 Å². The van der Waals surface area contributed by atoms with Crippen LogP contribution in [0.3, 0.4) is 0 Å². The number of nitrogens with zero attached hydrogens (tertiary/aromatic N) is 3. The predicted molar refractivity (Wildman–Crippen MR) is 118 cm³/mol. The molecule has 1 aromatic carbocycles. The second kappa shape index (κ2) is 9.94. The molecular weight excluding hydrogens is 398 g/mol. The van der Waals surface area contributed by atoms with E-state index >= 15 is 0 Å². The molecule has 0 aromatic heterocycles. The number of Topliss-reactive ketones (excluding diaryl/α,β-unsaturated/α-hetero) is 1. The van der Waals surface area contributed by atoms with E-state index in [9.17, 15) is 14.4 Å². The Labute approximate surface area is 184 Å². The Bertz CT molecular complexity index is 819. The summed E-state index contributed by atoms with van der Waals surface area (Å²) >= 11 is 0. The smallest absolute Gasteiger partial charge is 0.410 e. The van der Waals surface area contributed by atoms with E-state index in [1.807, 2.05) is 18.2 Å². The number of benzene rings is 1. The average molecular weight is 432 g/mol. The van der Waals surface area contributed by atoms with E-state index in [1.165, 1.54) is 9.91 Å². The van der Waals surface area contributed by atoms with Crippen LogP contribution < -0.4 is 0 Å². The Morgan fingerprint density at radius 3 is 2.16 bits per heavy atom. The normalized spacial score (nSPS) is 16.5. The van der Waals surface area contributed by atoms with Crippen molar-refractivity contribution in [2.75, 3.05) is 33.8 Å². The van der Waals surface area contributed by atoms with Crippen LogP contribution in [0.4, 0.5) is 4.79 Å². The average Bonchev–Trinajstić information content (AvgIpc) is 2.71. The molecular formula is C23H33N3O5. The summed E-state index contributed by atoms with van der Waals surface area (Å²) in [5, 5.41) is 5.94. The molecule has 170 valence electrons. The number of piperidine rings is 1. The Morgan fingerprint density at radius 2 is 1.68 bits per heavy atom. The predicted octanol–water partition coefficient (Wildman–Crippen LogP) is 3.10. The van der Waals surface area contributed by atoms with Crippen LogP contribution in [0.1, 0.15) is 46.1 Å². The van der Waals surface area contributed by atoms with Crippen LogP contribution in [0.5, 0.6) is 0 Å². The number of likely N-dealkylation sites (tertiary alicyclic amines) is 1. The van der Waals surface area contributed by atoms with Crippen LogP contribution in [0.25, 0.3) is 0 Å². The van der Waals surface area contributed by atoms with Crippen molar-refractivity contribution < 1.29 is 23.9 Å². The van der Waals surface area contributed by atoms with Crippen molar-refractivity contribution in [3.8, 4) is 0 Å². The maximum Gasteiger partial charge on any atom is 0.410 e. The number of rotatable bonds is 6. The second-order valence-corrected chi connectivity index (χ2v) is 8.76. The molecule has 0 N–H and O–H groups in total. The third-order valence-corrected chi connectivity index (χ3v) is 4.93. The summed E-state index contributed by atoms with van der Waals surface area (Å²) in [4.78, 5) is 40.8. The standard InChI is InChI=1S/C23H33N3O5/c1-7-30-20(28)23(13-15-26(16-14-23)21(29)31-22(2,3)4)19(27)18(24-25(5)6)17-11-9-8-10-12-17/h8-12H,7,13-16H2,1-6H3/b24-18+. The third-order valence-electron chi connectivity index (χ3n) is 4.93. The molecule has 1 aromatic rings. The molecule has 0 atom stereocenters. The minimum atomic E-state index is -1.40. The fourth-order valence-electron chi connectivity index (χ4n) is 3.45. The molecule has 8 nitrogen and oxygen atoms in total. The van der Waals surface area contributed by atoms with Crippen molar-refractivity contribution in [3.05, 3.63) is 35.9 Å². The highest BCUT2D eigenvalue weighted by Crippen LogP contribution is 2.36. The lowest BCUT2D eigenvalue weighted by Crippen LogP contribution is -2.53. The Kier molecular flexibility index (Phi) is 7.81. The summed E-state index contributed by atoms with van der Waals surface area (Å²) in [6.45, 7) is 7.68. The summed E-state index contributed by atoms with van der Waals surface area (Å²) in [5.41, 5.74) is -1.20. The SMILES string of the molecule is CCOC(=O)C1(C(=O)/C(=N/N(C)C)c2ccccc2)CCN(C(=O)OC(C)(C)C)CC1. The molecule has 0 saturated carbocycles. The van der Waals surface area contributed by atoms with Crippen LogP contribution in [-0.2, 0) is 19.1 Å². The minimum absolute atomic E-state index is 0.142. The largest absolute Gasteiger partial charge is 0.465 e. The maximum atomic E-state index is 13.8. The first kappa shape index (κ1) is 24.4. The van der Waals surface area contributed by atoms with Gasteiger partial charge in [0.05, 0.1) is 6.61 Å². The lowest BCUT2D eigenvalue weighted by atomic mass is 9.72. The van der Waals surface area contributed by atoms with Crippen molar-refractivity contribution in [1.82, 2.24) is 9.91 Å². The minimum Gasteiger partial charge on any atom is -0.465 e. The first-order chi connectivity index (χ1) is 14.5. The number of carbonyl (C=O) groups excluding carboxylic acids is 3. The fourth-order valence-corrected chi connectivity index (χ4v) is 3.45. The van der Waals surface area contributed by atoms with E-state index in [-0.39, 0.29) is 38.2 Å². The Morgan fingerprint density at radius 1 is 1.10 bits per heavy atom. The van der Waals surface area contributed by atoms with Gasteiger partial charge in [0.1, 0.15) is 16.7 Å². The first-order valence-electron chi connectivity index (χ1n) is 10.5. The number of ether oxygens (including phenoxy) is 2. The van der Waals surface area contributed by atoms with Crippen LogP contribution >= 0.6 is 0 Å². The van der Waals surface area contributed by atoms with Crippen molar-refractivity contribution in [2.45, 2.75) is 46.1 Å². The summed E-state index contributed by atoms with van der Waals surface area (Å²) in [5.74, 6) is -0.971. The molecule has 1 heterocycles. The highest BCUT2D eigenvalue weighted by molar-refractivity contribution is 6.50. The third kappa shape index (κ3) is 6.06. The van der Waals surface area contributed by atoms with Crippen LogP contribution in [0, 0.1) is 5.41 Å². The van der Waals surface area contributed by atoms with E-state index in [0.717, 1.165) is 0 Å². The Balaban J connectivity index is 2.37. The quantitative estimate of drug-likeness (QED) is 0.298. The van der Waals surface area contributed by atoms with Crippen LogP contribution in [0.2, 0.25) is 0 Å². The van der Waals surface area contributed by atoms with Gasteiger partial charge in [-0.3, -0.25) is 9.59 Å². The van der Waals surface area contributed by atoms with Crippen molar-refractivity contribution >= 4 is 23.6 Å². The molecule has 1 amide bonds. The maximum absolute atomic E-state index is 13.8. The van der Waals surface area contributed by atoms with Gasteiger partial charge in [0.15, 0.2) is 0 Å². The van der Waals surface area contributed by atoms with E-state index < -0.39 is 28.9 Å². The zero-order valence-electron chi connectivity index (χ0n) is 19.3. The van der Waals surface area contributed by atoms with Gasteiger partial charge in [0.2, 0.25) is 5.78 Å². The summed E-state index contributed by atoms with van der Waals surface area (Å²) in [6, 6.07) is 9.05. The molecule has 1 aliphatic heterocycles. The topological polar surface area (TPSA) is 88.5 Å². The van der Waals surface area contributed by atoms with E-state index in [0.29, 0.717) is 5.56 Å². The van der Waals surface area contributed by atoms with Crippen LogP contribution in [-0.4, -0.2) is 72.9 Å². The molecule has 0 unspecified atom stereocenters. The highest BCUT2D eigenvalue weighted by Gasteiger charge is 2.51. The molecule has 0 bridgehead atoms. The number of amides is 1. The molecule has 1 fully saturated rings. The lowest BCUT2D eigenvalue weighted by molar-refractivity contribution is -0.161. The van der Waals surface area contributed by atoms with Gasteiger partial charge in [0.25, 0.3) is 0 Å². The van der Waals surface area contributed by atoms with Gasteiger partial charge in [-0.2, -0.15) is 5.10 Å². The van der Waals surface area contributed by atoms with Crippen molar-refractivity contribution in [2.24, 2.45) is 10.5 Å². The van der Waals surface area contributed by atoms with E-state index in [4.69, 9.17) is 9.47 Å².